The Labute approximate surface area is 262 Å². The number of anilines is 2. The molecule has 1 saturated carbocycles. The van der Waals surface area contributed by atoms with Crippen molar-refractivity contribution in [1.82, 2.24) is 24.8 Å². The molecule has 3 heterocycles. The highest BCUT2D eigenvalue weighted by Crippen LogP contribution is 2.46. The van der Waals surface area contributed by atoms with Gasteiger partial charge in [0.1, 0.15) is 17.0 Å². The second kappa shape index (κ2) is 13.6. The number of likely N-dealkylation sites (N-methyl/N-ethyl adjacent to an activating group) is 1. The average Bonchev–Trinajstić information content (AvgIpc) is 3.75. The number of benzene rings is 1. The standard InChI is InChI=1S/C31H39Cl2N7O3/c1-6-21(41)11-20-16-40(10-9-39(2)3)17-23(20)37-31-35-15-19-12-22(36-30(29(19)38-31)34-14-18-7-8-18)26-27(32)24(42-4)13-25(43-5)28(26)33/h6,12-13,15,18,20,23H,1,7-11,14,16-17H2,2-5H3,(H,34,36)(H,35,37,38)/t20-,23+/m0/s1. The molecule has 1 saturated heterocycles. The van der Waals surface area contributed by atoms with Crippen molar-refractivity contribution < 1.29 is 14.3 Å². The summed E-state index contributed by atoms with van der Waals surface area (Å²) in [5, 5.41) is 8.50. The summed E-state index contributed by atoms with van der Waals surface area (Å²) in [5.74, 6) is 2.75. The maximum Gasteiger partial charge on any atom is 0.223 e. The second-order valence-corrected chi connectivity index (χ2v) is 12.3. The third-order valence-electron chi connectivity index (χ3n) is 8.04. The van der Waals surface area contributed by atoms with Crippen molar-refractivity contribution in [2.45, 2.75) is 25.3 Å². The van der Waals surface area contributed by atoms with Crippen molar-refractivity contribution in [3.8, 4) is 22.8 Å². The zero-order valence-electron chi connectivity index (χ0n) is 25.1. The fraction of sp³-hybridized carbons (Fsp3) is 0.484. The lowest BCUT2D eigenvalue weighted by atomic mass is 9.97. The molecule has 2 fully saturated rings. The van der Waals surface area contributed by atoms with Crippen LogP contribution in [0.25, 0.3) is 22.2 Å². The van der Waals surface area contributed by atoms with Crippen LogP contribution in [0.5, 0.6) is 11.5 Å². The molecule has 2 N–H and O–H groups in total. The van der Waals surface area contributed by atoms with Crippen LogP contribution in [0.1, 0.15) is 19.3 Å². The van der Waals surface area contributed by atoms with Gasteiger partial charge in [-0.2, -0.15) is 0 Å². The lowest BCUT2D eigenvalue weighted by molar-refractivity contribution is -0.115. The number of hydrogen-bond donors (Lipinski definition) is 2. The van der Waals surface area contributed by atoms with E-state index in [4.69, 9.17) is 42.6 Å². The maximum absolute atomic E-state index is 12.3. The van der Waals surface area contributed by atoms with E-state index in [1.807, 2.05) is 6.07 Å². The zero-order valence-corrected chi connectivity index (χ0v) is 26.6. The highest BCUT2D eigenvalue weighted by atomic mass is 35.5. The van der Waals surface area contributed by atoms with Gasteiger partial charge >= 0.3 is 0 Å². The predicted octanol–water partition coefficient (Wildman–Crippen LogP) is 5.26. The molecule has 2 aromatic heterocycles. The van der Waals surface area contributed by atoms with Crippen molar-refractivity contribution in [1.29, 1.82) is 0 Å². The van der Waals surface area contributed by atoms with E-state index in [-0.39, 0.29) is 17.7 Å². The largest absolute Gasteiger partial charge is 0.495 e. The molecule has 0 spiro atoms. The van der Waals surface area contributed by atoms with E-state index in [1.54, 1.807) is 26.5 Å². The number of likely N-dealkylation sites (tertiary alicyclic amines) is 1. The number of nitrogens with one attached hydrogen (secondary N) is 2. The van der Waals surface area contributed by atoms with Crippen molar-refractivity contribution in [3.05, 3.63) is 41.0 Å². The molecule has 0 radical (unpaired) electrons. The van der Waals surface area contributed by atoms with E-state index < -0.39 is 0 Å². The first-order valence-corrected chi connectivity index (χ1v) is 15.3. The Morgan fingerprint density at radius 2 is 1.86 bits per heavy atom. The SMILES string of the molecule is C=CC(=O)C[C@H]1CN(CCN(C)C)C[C@H]1Nc1ncc2cc(-c3c(Cl)c(OC)cc(OC)c3Cl)nc(NCC3CC3)c2n1. The van der Waals surface area contributed by atoms with Gasteiger partial charge in [-0.1, -0.05) is 29.8 Å². The van der Waals surface area contributed by atoms with E-state index in [1.165, 1.54) is 18.9 Å². The van der Waals surface area contributed by atoms with Crippen LogP contribution in [0.15, 0.2) is 31.0 Å². The molecule has 12 heteroatoms. The van der Waals surface area contributed by atoms with Gasteiger partial charge in [0.15, 0.2) is 11.6 Å². The number of allylic oxidation sites excluding steroid dienone is 1. The molecule has 0 bridgehead atoms. The minimum absolute atomic E-state index is 0.0143. The molecule has 0 unspecified atom stereocenters. The summed E-state index contributed by atoms with van der Waals surface area (Å²) in [5.41, 5.74) is 1.75. The monoisotopic (exact) mass is 627 g/mol. The van der Waals surface area contributed by atoms with Gasteiger partial charge in [0, 0.05) is 74.3 Å². The van der Waals surface area contributed by atoms with Crippen molar-refractivity contribution in [2.24, 2.45) is 11.8 Å². The number of ether oxygens (including phenoxy) is 2. The van der Waals surface area contributed by atoms with Crippen LogP contribution in [0, 0.1) is 11.8 Å². The third-order valence-corrected chi connectivity index (χ3v) is 8.79. The summed E-state index contributed by atoms with van der Waals surface area (Å²) < 4.78 is 11.0. The molecular weight excluding hydrogens is 589 g/mol. The molecule has 3 aromatic rings. The summed E-state index contributed by atoms with van der Waals surface area (Å²) >= 11 is 13.5. The van der Waals surface area contributed by atoms with Gasteiger partial charge in [0.05, 0.1) is 30.0 Å². The van der Waals surface area contributed by atoms with Crippen molar-refractivity contribution >= 4 is 51.7 Å². The van der Waals surface area contributed by atoms with Crippen LogP contribution in [0.4, 0.5) is 11.8 Å². The lowest BCUT2D eigenvalue weighted by Gasteiger charge is -2.20. The summed E-state index contributed by atoms with van der Waals surface area (Å²) in [4.78, 5) is 31.4. The topological polar surface area (TPSA) is 105 Å². The average molecular weight is 629 g/mol. The first-order valence-electron chi connectivity index (χ1n) is 14.5. The van der Waals surface area contributed by atoms with Crippen LogP contribution in [0.3, 0.4) is 0 Å². The number of methoxy groups -OCH3 is 2. The minimum Gasteiger partial charge on any atom is -0.495 e. The molecule has 1 aromatic carbocycles. The molecule has 1 aliphatic heterocycles. The van der Waals surface area contributed by atoms with E-state index in [2.05, 4.69) is 46.1 Å². The maximum atomic E-state index is 12.3. The van der Waals surface area contributed by atoms with Gasteiger partial charge in [-0.15, -0.1) is 0 Å². The number of pyridine rings is 1. The number of rotatable bonds is 14. The van der Waals surface area contributed by atoms with E-state index >= 15 is 0 Å². The first kappa shape index (κ1) is 31.3. The van der Waals surface area contributed by atoms with Crippen LogP contribution >= 0.6 is 23.2 Å². The van der Waals surface area contributed by atoms with Gasteiger partial charge in [-0.3, -0.25) is 9.69 Å². The van der Waals surface area contributed by atoms with Crippen LogP contribution in [-0.4, -0.2) is 97.6 Å². The van der Waals surface area contributed by atoms with Crippen LogP contribution in [0.2, 0.25) is 10.0 Å². The number of carbonyl (C=O) groups is 1. The molecule has 1 aliphatic carbocycles. The van der Waals surface area contributed by atoms with Crippen LogP contribution in [-0.2, 0) is 4.79 Å². The third kappa shape index (κ3) is 7.32. The summed E-state index contributed by atoms with van der Waals surface area (Å²) in [7, 11) is 7.21. The normalized spacial score (nSPS) is 18.7. The molecule has 10 nitrogen and oxygen atoms in total. The molecule has 5 rings (SSSR count). The predicted molar refractivity (Wildman–Crippen MR) is 173 cm³/mol. The fourth-order valence-electron chi connectivity index (χ4n) is 5.40. The Bertz CT molecular complexity index is 1470. The Morgan fingerprint density at radius 3 is 2.49 bits per heavy atom. The smallest absolute Gasteiger partial charge is 0.223 e. The van der Waals surface area contributed by atoms with Gasteiger partial charge < -0.3 is 25.0 Å². The number of ketones is 1. The zero-order chi connectivity index (χ0) is 30.7. The number of fused-ring (bicyclic) bond motifs is 1. The lowest BCUT2D eigenvalue weighted by Crippen LogP contribution is -2.32. The van der Waals surface area contributed by atoms with Crippen molar-refractivity contribution in [2.75, 3.05) is 71.7 Å². The number of hydrogen-bond acceptors (Lipinski definition) is 10. The molecule has 2 aliphatic rings. The number of aromatic nitrogens is 3. The summed E-state index contributed by atoms with van der Waals surface area (Å²) in [6.07, 6.45) is 5.99. The number of halogens is 2. The van der Waals surface area contributed by atoms with E-state index in [9.17, 15) is 4.79 Å². The van der Waals surface area contributed by atoms with Gasteiger partial charge in [-0.25, -0.2) is 15.0 Å². The first-order chi connectivity index (χ1) is 20.7. The highest BCUT2D eigenvalue weighted by molar-refractivity contribution is 6.41. The fourth-order valence-corrected chi connectivity index (χ4v) is 6.09. The molecular formula is C31H39Cl2N7O3. The molecule has 43 heavy (non-hydrogen) atoms. The highest BCUT2D eigenvalue weighted by Gasteiger charge is 2.34. The Hall–Kier alpha value is -3.18. The van der Waals surface area contributed by atoms with Gasteiger partial charge in [-0.05, 0) is 45.0 Å². The van der Waals surface area contributed by atoms with E-state index in [0.29, 0.717) is 62.4 Å². The Balaban J connectivity index is 1.49. The Morgan fingerprint density at radius 1 is 1.14 bits per heavy atom. The van der Waals surface area contributed by atoms with E-state index in [0.717, 1.165) is 38.1 Å². The number of carbonyl (C=O) groups excluding carboxylic acids is 1. The van der Waals surface area contributed by atoms with Gasteiger partial charge in [0.2, 0.25) is 5.95 Å². The Kier molecular flexibility index (Phi) is 9.91. The molecule has 230 valence electrons. The molecule has 0 amide bonds. The quantitative estimate of drug-likeness (QED) is 0.230. The second-order valence-electron chi connectivity index (χ2n) is 11.5. The summed E-state index contributed by atoms with van der Waals surface area (Å²) in [6, 6.07) is 3.54. The van der Waals surface area contributed by atoms with Gasteiger partial charge in [0.25, 0.3) is 0 Å². The minimum atomic E-state index is 0.0143. The van der Waals surface area contributed by atoms with Crippen molar-refractivity contribution in [3.63, 3.8) is 0 Å². The van der Waals surface area contributed by atoms with Crippen LogP contribution < -0.4 is 20.1 Å². The molecule has 2 atom stereocenters. The number of nitrogens with zero attached hydrogens (tertiary/aromatic N) is 5. The summed E-state index contributed by atoms with van der Waals surface area (Å²) in [6.45, 7) is 7.94.